The van der Waals surface area contributed by atoms with Crippen LogP contribution in [0.5, 0.6) is 0 Å². The minimum absolute atomic E-state index is 0.0880. The van der Waals surface area contributed by atoms with Gasteiger partial charge in [0.1, 0.15) is 11.6 Å². The summed E-state index contributed by atoms with van der Waals surface area (Å²) in [7, 11) is 0. The number of benzene rings is 6. The van der Waals surface area contributed by atoms with Gasteiger partial charge in [-0.25, -0.2) is 0 Å². The van der Waals surface area contributed by atoms with Gasteiger partial charge in [0.25, 0.3) is 0 Å². The number of fused-ring (bicyclic) bond motifs is 6. The predicted octanol–water partition coefficient (Wildman–Crippen LogP) is 13.9. The van der Waals surface area contributed by atoms with E-state index in [4.69, 9.17) is 0 Å². The van der Waals surface area contributed by atoms with Gasteiger partial charge in [-0.15, -0.1) is 0 Å². The number of alkyl halides is 6. The molecule has 2 aliphatic rings. The average Bonchev–Trinajstić information content (AvgIpc) is 3.76. The minimum atomic E-state index is -5.18. The molecule has 2 aromatic heterocycles. The average molecular weight is 856 g/mol. The first kappa shape index (κ1) is 40.7. The van der Waals surface area contributed by atoms with E-state index in [0.29, 0.717) is 46.0 Å². The van der Waals surface area contributed by atoms with Crippen LogP contribution in [-0.2, 0) is 18.8 Å². The number of nitrogens with zero attached hydrogens (tertiary/aromatic N) is 3. The van der Waals surface area contributed by atoms with Crippen molar-refractivity contribution in [3.05, 3.63) is 189 Å². The van der Waals surface area contributed by atoms with E-state index < -0.39 is 29.0 Å². The Bertz CT molecular complexity index is 3530. The Kier molecular flexibility index (Phi) is 9.49. The van der Waals surface area contributed by atoms with Gasteiger partial charge in [0.15, 0.2) is 0 Å². The zero-order valence-electron chi connectivity index (χ0n) is 35.3. The highest BCUT2D eigenvalue weighted by Crippen LogP contribution is 2.49. The second-order valence-corrected chi connectivity index (χ2v) is 17.0. The van der Waals surface area contributed by atoms with Crippen molar-refractivity contribution in [3.8, 4) is 39.7 Å². The molecule has 0 radical (unpaired) electrons. The summed E-state index contributed by atoms with van der Waals surface area (Å²) < 4.78 is 94.9. The molecule has 0 aliphatic heterocycles. The Labute approximate surface area is 365 Å². The van der Waals surface area contributed by atoms with Crippen molar-refractivity contribution in [2.45, 2.75) is 52.9 Å². The van der Waals surface area contributed by atoms with Gasteiger partial charge in [-0.1, -0.05) is 119 Å². The molecule has 10 rings (SSSR count). The molecule has 0 fully saturated rings. The molecule has 0 unspecified atom stereocenters. The normalized spacial score (nSPS) is 15.0. The summed E-state index contributed by atoms with van der Waals surface area (Å²) in [6.07, 6.45) is 1.15. The highest BCUT2D eigenvalue weighted by Gasteiger charge is 2.42. The fourth-order valence-electron chi connectivity index (χ4n) is 10.0. The first-order valence-electron chi connectivity index (χ1n) is 21.0. The van der Waals surface area contributed by atoms with Crippen molar-refractivity contribution in [2.75, 3.05) is 0 Å². The van der Waals surface area contributed by atoms with Gasteiger partial charge in [-0.05, 0) is 110 Å². The zero-order chi connectivity index (χ0) is 44.8. The molecular formula is C55H39F6N3. The molecule has 64 heavy (non-hydrogen) atoms. The second-order valence-electron chi connectivity index (χ2n) is 17.0. The van der Waals surface area contributed by atoms with Gasteiger partial charge in [0.05, 0.1) is 44.4 Å². The van der Waals surface area contributed by atoms with Gasteiger partial charge in [-0.3, -0.25) is 0 Å². The van der Waals surface area contributed by atoms with Gasteiger partial charge in [-0.2, -0.15) is 31.6 Å². The topological polar surface area (TPSA) is 33.6 Å². The summed E-state index contributed by atoms with van der Waals surface area (Å²) in [5.74, 6) is 0. The third-order valence-electron chi connectivity index (χ3n) is 12.4. The van der Waals surface area contributed by atoms with Crippen LogP contribution < -0.4 is 10.6 Å². The fourth-order valence-corrected chi connectivity index (χ4v) is 10.0. The highest BCUT2D eigenvalue weighted by molar-refractivity contribution is 6.11. The molecule has 0 spiro atoms. The summed E-state index contributed by atoms with van der Waals surface area (Å²) >= 11 is 0. The van der Waals surface area contributed by atoms with Crippen LogP contribution in [0.1, 0.15) is 53.6 Å². The monoisotopic (exact) mass is 855 g/mol. The fraction of sp³-hybridized carbons (Fsp3) is 0.145. The number of aromatic nitrogens is 2. The molecule has 0 saturated heterocycles. The summed E-state index contributed by atoms with van der Waals surface area (Å²) in [4.78, 5) is 0. The number of allylic oxidation sites excluding steroid dienone is 6. The van der Waals surface area contributed by atoms with Crippen LogP contribution in [0.3, 0.4) is 0 Å². The largest absolute Gasteiger partial charge is 0.417 e. The van der Waals surface area contributed by atoms with Crippen LogP contribution in [0.4, 0.5) is 26.3 Å². The number of hydrogen-bond donors (Lipinski definition) is 0. The molecule has 2 aliphatic carbocycles. The van der Waals surface area contributed by atoms with Gasteiger partial charge < -0.3 is 9.13 Å². The zero-order valence-corrected chi connectivity index (χ0v) is 35.3. The lowest BCUT2D eigenvalue weighted by atomic mass is 9.90. The Balaban J connectivity index is 1.40. The third kappa shape index (κ3) is 6.67. The van der Waals surface area contributed by atoms with E-state index >= 15 is 26.3 Å². The van der Waals surface area contributed by atoms with Gasteiger partial charge in [0.2, 0.25) is 0 Å². The quantitative estimate of drug-likeness (QED) is 0.162. The van der Waals surface area contributed by atoms with Crippen LogP contribution in [0.2, 0.25) is 0 Å². The van der Waals surface area contributed by atoms with E-state index in [1.807, 2.05) is 86.0 Å². The van der Waals surface area contributed by atoms with Gasteiger partial charge >= 0.3 is 12.4 Å². The molecule has 8 aromatic rings. The summed E-state index contributed by atoms with van der Waals surface area (Å²) in [6, 6.07) is 32.7. The maximum atomic E-state index is 15.2. The van der Waals surface area contributed by atoms with E-state index in [9.17, 15) is 5.26 Å². The first-order valence-corrected chi connectivity index (χ1v) is 21.0. The van der Waals surface area contributed by atoms with Crippen molar-refractivity contribution in [1.82, 2.24) is 9.13 Å². The van der Waals surface area contributed by atoms with Crippen molar-refractivity contribution >= 4 is 44.4 Å². The Morgan fingerprint density at radius 1 is 0.625 bits per heavy atom. The standard InChI is InChI=1S/C55H39F6N3/c1-31-22-32(2)25-37(24-31)35-16-18-41-39-10-5-7-14-47(39)63(50(41)28-35)49-21-20-43(52-45(54(56,57)58)12-9-13-46(52)55(59,60)61)53(44(49)30-62)64-48-15-8-6-11-40(48)42-19-17-36(29-51(42)64)38-26-33(3)23-34(4)27-38/h5-9,11-24,26-29H,10,25H2,1-4H3. The van der Waals surface area contributed by atoms with E-state index in [2.05, 4.69) is 49.4 Å². The molecule has 0 amide bonds. The van der Waals surface area contributed by atoms with Crippen molar-refractivity contribution < 1.29 is 26.3 Å². The molecule has 2 heterocycles. The Morgan fingerprint density at radius 3 is 2.02 bits per heavy atom. The van der Waals surface area contributed by atoms with Crippen LogP contribution in [0.25, 0.3) is 78.0 Å². The molecular weight excluding hydrogens is 817 g/mol. The smallest absolute Gasteiger partial charge is 0.308 e. The highest BCUT2D eigenvalue weighted by atomic mass is 19.4. The van der Waals surface area contributed by atoms with Crippen molar-refractivity contribution in [3.63, 3.8) is 0 Å². The van der Waals surface area contributed by atoms with Crippen LogP contribution in [0, 0.1) is 25.2 Å². The van der Waals surface area contributed by atoms with E-state index in [0.717, 1.165) is 72.9 Å². The molecule has 6 aromatic carbocycles. The van der Waals surface area contributed by atoms with Crippen molar-refractivity contribution in [2.24, 2.45) is 0 Å². The minimum Gasteiger partial charge on any atom is -0.308 e. The molecule has 0 N–H and O–H groups in total. The summed E-state index contributed by atoms with van der Waals surface area (Å²) in [5, 5.41) is 15.7. The van der Waals surface area contributed by atoms with Crippen LogP contribution in [0.15, 0.2) is 145 Å². The molecule has 0 saturated carbocycles. The van der Waals surface area contributed by atoms with Gasteiger partial charge in [0, 0.05) is 27.3 Å². The van der Waals surface area contributed by atoms with Crippen LogP contribution >= 0.6 is 0 Å². The van der Waals surface area contributed by atoms with E-state index in [-0.39, 0.29) is 16.8 Å². The number of nitriles is 1. The number of para-hydroxylation sites is 1. The molecule has 3 nitrogen and oxygen atoms in total. The summed E-state index contributed by atoms with van der Waals surface area (Å²) in [6.45, 7) is 8.11. The summed E-state index contributed by atoms with van der Waals surface area (Å²) in [5.41, 5.74) is 5.74. The number of aryl methyl sites for hydroxylation is 2. The lowest BCUT2D eigenvalue weighted by Crippen LogP contribution is -2.21. The Hall–Kier alpha value is -7.31. The molecule has 0 atom stereocenters. The molecule has 9 heteroatoms. The first-order chi connectivity index (χ1) is 30.6. The number of rotatable bonds is 4. The maximum Gasteiger partial charge on any atom is 0.417 e. The predicted molar refractivity (Wildman–Crippen MR) is 245 cm³/mol. The lowest BCUT2D eigenvalue weighted by Gasteiger charge is -2.24. The Morgan fingerprint density at radius 2 is 1.31 bits per heavy atom. The number of hydrogen-bond acceptors (Lipinski definition) is 1. The molecule has 316 valence electrons. The van der Waals surface area contributed by atoms with Crippen LogP contribution in [-0.4, -0.2) is 9.13 Å². The maximum absolute atomic E-state index is 15.2. The second kappa shape index (κ2) is 14.9. The molecule has 0 bridgehead atoms. The third-order valence-corrected chi connectivity index (χ3v) is 12.4. The van der Waals surface area contributed by atoms with E-state index in [1.54, 1.807) is 16.7 Å². The van der Waals surface area contributed by atoms with Crippen molar-refractivity contribution in [1.29, 1.82) is 5.26 Å². The lowest BCUT2D eigenvalue weighted by molar-refractivity contribution is -0.142. The number of halogens is 6. The van der Waals surface area contributed by atoms with E-state index in [1.165, 1.54) is 17.7 Å². The SMILES string of the molecule is CC1=CC(=c2ccc3c4c(n(-c5ccc(-c6c(C(F)(F)F)cccc6C(F)(F)F)c(-n6c7ccccc7c7ccc(-c8cc(C)cc(C)c8)cc76)c5C#N)c3c2)=CC=CC4)CC(C)=C1.